The number of sulfonamides is 1. The zero-order chi connectivity index (χ0) is 16.3. The quantitative estimate of drug-likeness (QED) is 0.849. The molecule has 6 heteroatoms. The summed E-state index contributed by atoms with van der Waals surface area (Å²) in [6, 6.07) is 8.84. The molecule has 0 aliphatic carbocycles. The molecule has 1 aromatic carbocycles. The molecule has 0 saturated carbocycles. The molecule has 0 saturated heterocycles. The van der Waals surface area contributed by atoms with Crippen LogP contribution in [0.4, 0.5) is 0 Å². The first-order valence-electron chi connectivity index (χ1n) is 6.87. The van der Waals surface area contributed by atoms with E-state index in [0.29, 0.717) is 21.9 Å². The van der Waals surface area contributed by atoms with Crippen molar-refractivity contribution in [1.29, 1.82) is 0 Å². The maximum absolute atomic E-state index is 12.8. The molecule has 118 valence electrons. The van der Waals surface area contributed by atoms with Crippen LogP contribution in [0, 0.1) is 13.8 Å². The van der Waals surface area contributed by atoms with Gasteiger partial charge in [0.05, 0.1) is 24.2 Å². The summed E-state index contributed by atoms with van der Waals surface area (Å²) in [7, 11) is -0.446. The summed E-state index contributed by atoms with van der Waals surface area (Å²) >= 11 is 0. The van der Waals surface area contributed by atoms with Crippen molar-refractivity contribution in [3.8, 4) is 5.75 Å². The second-order valence-electron chi connectivity index (χ2n) is 5.17. The fraction of sp³-hybridized carbons (Fsp3) is 0.312. The van der Waals surface area contributed by atoms with Gasteiger partial charge in [0, 0.05) is 13.2 Å². The molecule has 0 aliphatic rings. The number of rotatable bonds is 5. The van der Waals surface area contributed by atoms with Crippen LogP contribution in [0.1, 0.15) is 16.8 Å². The molecule has 22 heavy (non-hydrogen) atoms. The summed E-state index contributed by atoms with van der Waals surface area (Å²) in [5, 5.41) is 0. The van der Waals surface area contributed by atoms with E-state index in [1.165, 1.54) is 4.31 Å². The molecule has 1 aromatic heterocycles. The third kappa shape index (κ3) is 3.28. The molecule has 0 bridgehead atoms. The molecule has 5 nitrogen and oxygen atoms in total. The first-order valence-corrected chi connectivity index (χ1v) is 8.31. The van der Waals surface area contributed by atoms with Crippen molar-refractivity contribution in [3.05, 3.63) is 53.3 Å². The second kappa shape index (κ2) is 6.46. The van der Waals surface area contributed by atoms with Crippen molar-refractivity contribution in [1.82, 2.24) is 9.29 Å². The highest BCUT2D eigenvalue weighted by atomic mass is 32.2. The number of ether oxygens (including phenoxy) is 1. The van der Waals surface area contributed by atoms with Gasteiger partial charge in [-0.3, -0.25) is 4.98 Å². The molecule has 0 spiro atoms. The van der Waals surface area contributed by atoms with Crippen molar-refractivity contribution in [2.75, 3.05) is 14.2 Å². The Morgan fingerprint density at radius 1 is 1.18 bits per heavy atom. The van der Waals surface area contributed by atoms with Gasteiger partial charge in [0.1, 0.15) is 5.75 Å². The monoisotopic (exact) mass is 320 g/mol. The van der Waals surface area contributed by atoms with Crippen molar-refractivity contribution in [2.24, 2.45) is 0 Å². The minimum Gasteiger partial charge on any atom is -0.496 e. The number of pyridine rings is 1. The van der Waals surface area contributed by atoms with Crippen molar-refractivity contribution < 1.29 is 13.2 Å². The fourth-order valence-electron chi connectivity index (χ4n) is 2.23. The first kappa shape index (κ1) is 16.5. The minimum absolute atomic E-state index is 0.230. The third-order valence-electron chi connectivity index (χ3n) is 3.49. The van der Waals surface area contributed by atoms with Crippen LogP contribution in [-0.2, 0) is 16.6 Å². The highest BCUT2D eigenvalue weighted by Gasteiger charge is 2.24. The third-order valence-corrected chi connectivity index (χ3v) is 5.44. The second-order valence-corrected chi connectivity index (χ2v) is 7.18. The van der Waals surface area contributed by atoms with Crippen LogP contribution in [0.25, 0.3) is 0 Å². The van der Waals surface area contributed by atoms with E-state index in [0.717, 1.165) is 5.56 Å². The lowest BCUT2D eigenvalue weighted by atomic mass is 10.1. The van der Waals surface area contributed by atoms with E-state index in [1.54, 1.807) is 51.5 Å². The van der Waals surface area contributed by atoms with Gasteiger partial charge in [-0.1, -0.05) is 6.07 Å². The summed E-state index contributed by atoms with van der Waals surface area (Å²) in [5.41, 5.74) is 2.16. The van der Waals surface area contributed by atoms with E-state index in [9.17, 15) is 8.42 Å². The van der Waals surface area contributed by atoms with E-state index in [4.69, 9.17) is 4.74 Å². The summed E-state index contributed by atoms with van der Waals surface area (Å²) in [4.78, 5) is 4.46. The predicted molar refractivity (Wildman–Crippen MR) is 85.4 cm³/mol. The van der Waals surface area contributed by atoms with Crippen LogP contribution in [0.15, 0.2) is 41.4 Å². The Hall–Kier alpha value is -1.92. The van der Waals surface area contributed by atoms with E-state index in [1.807, 2.05) is 13.0 Å². The van der Waals surface area contributed by atoms with E-state index >= 15 is 0 Å². The highest BCUT2D eigenvalue weighted by molar-refractivity contribution is 7.89. The molecule has 2 rings (SSSR count). The molecule has 0 N–H and O–H groups in total. The largest absolute Gasteiger partial charge is 0.496 e. The maximum Gasteiger partial charge on any atom is 0.243 e. The van der Waals surface area contributed by atoms with Crippen LogP contribution in [0.2, 0.25) is 0 Å². The van der Waals surface area contributed by atoms with Gasteiger partial charge in [-0.25, -0.2) is 8.42 Å². The minimum atomic E-state index is -3.58. The number of aryl methyl sites for hydroxylation is 2. The lowest BCUT2D eigenvalue weighted by Crippen LogP contribution is -2.27. The average Bonchev–Trinajstić information content (AvgIpc) is 2.50. The number of aromatic nitrogens is 1. The SMILES string of the molecule is COc1cc(C)c(S(=O)(=O)N(C)Cc2ccccn2)cc1C. The lowest BCUT2D eigenvalue weighted by Gasteiger charge is -2.19. The van der Waals surface area contributed by atoms with Gasteiger partial charge in [-0.15, -0.1) is 0 Å². The van der Waals surface area contributed by atoms with E-state index < -0.39 is 10.0 Å². The number of hydrogen-bond donors (Lipinski definition) is 0. The van der Waals surface area contributed by atoms with Gasteiger partial charge in [-0.05, 0) is 49.2 Å². The van der Waals surface area contributed by atoms with Crippen molar-refractivity contribution in [2.45, 2.75) is 25.3 Å². The lowest BCUT2D eigenvalue weighted by molar-refractivity contribution is 0.410. The Bertz CT molecular complexity index is 758. The normalized spacial score (nSPS) is 11.7. The van der Waals surface area contributed by atoms with Gasteiger partial charge in [0.15, 0.2) is 0 Å². The molecule has 0 unspecified atom stereocenters. The summed E-state index contributed by atoms with van der Waals surface area (Å²) in [6.07, 6.45) is 1.65. The first-order chi connectivity index (χ1) is 10.4. The molecule has 2 aromatic rings. The molecular weight excluding hydrogens is 300 g/mol. The van der Waals surface area contributed by atoms with Crippen LogP contribution in [-0.4, -0.2) is 31.9 Å². The Balaban J connectivity index is 2.36. The number of methoxy groups -OCH3 is 1. The zero-order valence-electron chi connectivity index (χ0n) is 13.2. The predicted octanol–water partition coefficient (Wildman–Crippen LogP) is 2.53. The molecular formula is C16H20N2O3S. The average molecular weight is 320 g/mol. The molecule has 0 fully saturated rings. The van der Waals surface area contributed by atoms with Gasteiger partial charge < -0.3 is 4.74 Å². The van der Waals surface area contributed by atoms with Crippen LogP contribution in [0.3, 0.4) is 0 Å². The van der Waals surface area contributed by atoms with Crippen molar-refractivity contribution in [3.63, 3.8) is 0 Å². The molecule has 1 heterocycles. The van der Waals surface area contributed by atoms with Crippen LogP contribution in [0.5, 0.6) is 5.75 Å². The Morgan fingerprint density at radius 2 is 1.91 bits per heavy atom. The van der Waals surface area contributed by atoms with E-state index in [2.05, 4.69) is 4.98 Å². The smallest absolute Gasteiger partial charge is 0.243 e. The van der Waals surface area contributed by atoms with Crippen LogP contribution >= 0.6 is 0 Å². The maximum atomic E-state index is 12.8. The summed E-state index contributed by atoms with van der Waals surface area (Å²) in [5.74, 6) is 0.684. The number of nitrogens with zero attached hydrogens (tertiary/aromatic N) is 2. The fourth-order valence-corrected chi connectivity index (χ4v) is 3.66. The van der Waals surface area contributed by atoms with Crippen LogP contribution < -0.4 is 4.74 Å². The Labute approximate surface area is 131 Å². The topological polar surface area (TPSA) is 59.5 Å². The molecule has 0 atom stereocenters. The standard InChI is InChI=1S/C16H20N2O3S/c1-12-10-16(13(2)9-15(12)21-4)22(19,20)18(3)11-14-7-5-6-8-17-14/h5-10H,11H2,1-4H3. The Morgan fingerprint density at radius 3 is 2.50 bits per heavy atom. The van der Waals surface area contributed by atoms with Crippen molar-refractivity contribution >= 4 is 10.0 Å². The number of hydrogen-bond acceptors (Lipinski definition) is 4. The molecule has 0 amide bonds. The van der Waals surface area contributed by atoms with Gasteiger partial charge in [0.2, 0.25) is 10.0 Å². The van der Waals surface area contributed by atoms with E-state index in [-0.39, 0.29) is 6.54 Å². The summed E-state index contributed by atoms with van der Waals surface area (Å²) < 4.78 is 32.1. The van der Waals surface area contributed by atoms with Gasteiger partial charge >= 0.3 is 0 Å². The van der Waals surface area contributed by atoms with Gasteiger partial charge in [0.25, 0.3) is 0 Å². The molecule has 0 radical (unpaired) electrons. The summed E-state index contributed by atoms with van der Waals surface area (Å²) in [6.45, 7) is 3.83. The highest BCUT2D eigenvalue weighted by Crippen LogP contribution is 2.27. The molecule has 0 aliphatic heterocycles. The number of benzene rings is 1. The zero-order valence-corrected chi connectivity index (χ0v) is 14.0. The van der Waals surface area contributed by atoms with Gasteiger partial charge in [-0.2, -0.15) is 4.31 Å². The Kier molecular flexibility index (Phi) is 4.83.